The molecule has 0 unspecified atom stereocenters. The molecule has 2 aliphatic rings. The number of amides is 1. The number of fused-ring (bicyclic) bond motifs is 1. The average molecular weight is 425 g/mol. The SMILES string of the molecule is Fc1ccc2nccc(C3CCCCC3)c2c1.O=C(NC1CC1)c1ccc(Cl)cc1. The van der Waals surface area contributed by atoms with Gasteiger partial charge in [-0.1, -0.05) is 30.9 Å². The van der Waals surface area contributed by atoms with E-state index in [9.17, 15) is 9.18 Å². The molecule has 1 aromatic heterocycles. The predicted octanol–water partition coefficient (Wildman–Crippen LogP) is 6.65. The molecule has 3 aromatic rings. The zero-order valence-electron chi connectivity index (χ0n) is 16.9. The van der Waals surface area contributed by atoms with Crippen molar-refractivity contribution in [2.24, 2.45) is 0 Å². The van der Waals surface area contributed by atoms with Crippen molar-refractivity contribution < 1.29 is 9.18 Å². The first-order valence-electron chi connectivity index (χ1n) is 10.7. The quantitative estimate of drug-likeness (QED) is 0.511. The van der Waals surface area contributed by atoms with Crippen LogP contribution in [-0.4, -0.2) is 16.9 Å². The number of rotatable bonds is 3. The van der Waals surface area contributed by atoms with Crippen molar-refractivity contribution in [3.63, 3.8) is 0 Å². The number of hydrogen-bond acceptors (Lipinski definition) is 2. The lowest BCUT2D eigenvalue weighted by Crippen LogP contribution is -2.25. The molecule has 30 heavy (non-hydrogen) atoms. The number of benzene rings is 2. The van der Waals surface area contributed by atoms with Gasteiger partial charge in [-0.15, -0.1) is 0 Å². The maximum Gasteiger partial charge on any atom is 0.251 e. The second-order valence-corrected chi connectivity index (χ2v) is 8.59. The van der Waals surface area contributed by atoms with Gasteiger partial charge in [-0.2, -0.15) is 0 Å². The topological polar surface area (TPSA) is 42.0 Å². The Morgan fingerprint density at radius 2 is 1.70 bits per heavy atom. The van der Waals surface area contributed by atoms with Gasteiger partial charge in [-0.25, -0.2) is 4.39 Å². The molecule has 1 amide bonds. The number of halogens is 2. The number of carbonyl (C=O) groups is 1. The van der Waals surface area contributed by atoms with Crippen LogP contribution < -0.4 is 5.32 Å². The Morgan fingerprint density at radius 1 is 0.967 bits per heavy atom. The zero-order valence-corrected chi connectivity index (χ0v) is 17.7. The number of nitrogens with zero attached hydrogens (tertiary/aromatic N) is 1. The number of aromatic nitrogens is 1. The molecule has 0 aliphatic heterocycles. The van der Waals surface area contributed by atoms with Gasteiger partial charge in [0.1, 0.15) is 5.82 Å². The third-order valence-corrected chi connectivity index (χ3v) is 6.05. The van der Waals surface area contributed by atoms with Crippen LogP contribution in [-0.2, 0) is 0 Å². The van der Waals surface area contributed by atoms with Gasteiger partial charge in [0.2, 0.25) is 0 Å². The van der Waals surface area contributed by atoms with E-state index >= 15 is 0 Å². The fourth-order valence-corrected chi connectivity index (χ4v) is 4.13. The van der Waals surface area contributed by atoms with Gasteiger partial charge >= 0.3 is 0 Å². The van der Waals surface area contributed by atoms with Crippen LogP contribution in [0.15, 0.2) is 54.7 Å². The molecule has 2 fully saturated rings. The minimum Gasteiger partial charge on any atom is -0.349 e. The summed E-state index contributed by atoms with van der Waals surface area (Å²) in [5.41, 5.74) is 2.87. The number of pyridine rings is 1. The summed E-state index contributed by atoms with van der Waals surface area (Å²) in [6, 6.07) is 14.3. The fourth-order valence-electron chi connectivity index (χ4n) is 4.01. The Balaban J connectivity index is 0.000000151. The molecule has 5 heteroatoms. The van der Waals surface area contributed by atoms with Crippen molar-refractivity contribution in [1.29, 1.82) is 0 Å². The summed E-state index contributed by atoms with van der Waals surface area (Å²) in [7, 11) is 0. The maximum atomic E-state index is 13.4. The van der Waals surface area contributed by atoms with Gasteiger partial charge < -0.3 is 5.32 Å². The highest BCUT2D eigenvalue weighted by atomic mass is 35.5. The van der Waals surface area contributed by atoms with Crippen molar-refractivity contribution in [1.82, 2.24) is 10.3 Å². The van der Waals surface area contributed by atoms with Gasteiger partial charge in [-0.05, 0) is 85.7 Å². The molecule has 2 saturated carbocycles. The fraction of sp³-hybridized carbons (Fsp3) is 0.360. The zero-order chi connectivity index (χ0) is 20.9. The first-order valence-corrected chi connectivity index (χ1v) is 11.1. The smallest absolute Gasteiger partial charge is 0.251 e. The molecule has 0 saturated heterocycles. The average Bonchev–Trinajstić information content (AvgIpc) is 3.59. The van der Waals surface area contributed by atoms with Gasteiger partial charge in [-0.3, -0.25) is 9.78 Å². The van der Waals surface area contributed by atoms with Crippen LogP contribution >= 0.6 is 11.6 Å². The van der Waals surface area contributed by atoms with Crippen LogP contribution in [0.5, 0.6) is 0 Å². The number of carbonyl (C=O) groups excluding carboxylic acids is 1. The summed E-state index contributed by atoms with van der Waals surface area (Å²) in [6.07, 6.45) is 10.5. The molecular weight excluding hydrogens is 399 g/mol. The summed E-state index contributed by atoms with van der Waals surface area (Å²) in [6.45, 7) is 0. The summed E-state index contributed by atoms with van der Waals surface area (Å²) in [4.78, 5) is 15.8. The van der Waals surface area contributed by atoms with Crippen molar-refractivity contribution in [3.05, 3.63) is 76.7 Å². The van der Waals surface area contributed by atoms with Gasteiger partial charge in [0, 0.05) is 28.2 Å². The van der Waals surface area contributed by atoms with E-state index in [2.05, 4.69) is 16.4 Å². The first-order chi connectivity index (χ1) is 14.6. The van der Waals surface area contributed by atoms with Crippen LogP contribution in [0.3, 0.4) is 0 Å². The molecule has 1 heterocycles. The van der Waals surface area contributed by atoms with E-state index in [1.165, 1.54) is 43.7 Å². The highest BCUT2D eigenvalue weighted by Crippen LogP contribution is 2.35. The molecule has 0 spiro atoms. The van der Waals surface area contributed by atoms with Crippen molar-refractivity contribution >= 4 is 28.4 Å². The van der Waals surface area contributed by atoms with E-state index in [0.29, 0.717) is 22.5 Å². The Bertz CT molecular complexity index is 1010. The Morgan fingerprint density at radius 3 is 2.40 bits per heavy atom. The number of hydrogen-bond donors (Lipinski definition) is 1. The van der Waals surface area contributed by atoms with E-state index in [-0.39, 0.29) is 11.7 Å². The van der Waals surface area contributed by atoms with Crippen LogP contribution in [0.4, 0.5) is 4.39 Å². The van der Waals surface area contributed by atoms with Crippen LogP contribution in [0.25, 0.3) is 10.9 Å². The lowest BCUT2D eigenvalue weighted by molar-refractivity contribution is 0.0951. The molecule has 2 aliphatic carbocycles. The van der Waals surface area contributed by atoms with Crippen molar-refractivity contribution in [2.75, 3.05) is 0 Å². The molecule has 0 radical (unpaired) electrons. The summed E-state index contributed by atoms with van der Waals surface area (Å²) < 4.78 is 13.4. The highest BCUT2D eigenvalue weighted by molar-refractivity contribution is 6.30. The molecule has 5 rings (SSSR count). The van der Waals surface area contributed by atoms with Crippen molar-refractivity contribution in [2.45, 2.75) is 56.9 Å². The van der Waals surface area contributed by atoms with E-state index in [1.54, 1.807) is 36.4 Å². The van der Waals surface area contributed by atoms with E-state index in [4.69, 9.17) is 11.6 Å². The Labute approximate surface area is 181 Å². The largest absolute Gasteiger partial charge is 0.349 e. The van der Waals surface area contributed by atoms with Crippen LogP contribution in [0, 0.1) is 5.82 Å². The lowest BCUT2D eigenvalue weighted by atomic mass is 9.83. The third-order valence-electron chi connectivity index (χ3n) is 5.80. The van der Waals surface area contributed by atoms with Gasteiger partial charge in [0.15, 0.2) is 0 Å². The molecule has 156 valence electrons. The van der Waals surface area contributed by atoms with Gasteiger partial charge in [0.05, 0.1) is 5.52 Å². The van der Waals surface area contributed by atoms with Crippen LogP contribution in [0.2, 0.25) is 5.02 Å². The molecule has 2 aromatic carbocycles. The number of nitrogens with one attached hydrogen (secondary N) is 1. The lowest BCUT2D eigenvalue weighted by Gasteiger charge is -2.23. The maximum absolute atomic E-state index is 13.4. The van der Waals surface area contributed by atoms with Crippen molar-refractivity contribution in [3.8, 4) is 0 Å². The normalized spacial score (nSPS) is 16.6. The minimum absolute atomic E-state index is 0.000772. The molecule has 3 nitrogen and oxygen atoms in total. The Kier molecular flexibility index (Phi) is 6.63. The van der Waals surface area contributed by atoms with E-state index < -0.39 is 0 Å². The minimum atomic E-state index is -0.164. The standard InChI is InChI=1S/C15H16FN.C10H10ClNO/c16-12-6-7-15-14(10-12)13(8-9-17-15)11-4-2-1-3-5-11;11-8-3-1-7(2-4-8)10(13)12-9-5-6-9/h6-11H,1-5H2;1-4,9H,5-6H2,(H,12,13). The summed E-state index contributed by atoms with van der Waals surface area (Å²) >= 11 is 5.70. The molecular formula is C25H26ClFN2O. The van der Waals surface area contributed by atoms with Crippen LogP contribution in [0.1, 0.15) is 66.8 Å². The highest BCUT2D eigenvalue weighted by Gasteiger charge is 2.23. The summed E-state index contributed by atoms with van der Waals surface area (Å²) in [5.74, 6) is 0.428. The molecule has 0 bridgehead atoms. The second kappa shape index (κ2) is 9.57. The Hall–Kier alpha value is -2.46. The second-order valence-electron chi connectivity index (χ2n) is 8.15. The summed E-state index contributed by atoms with van der Waals surface area (Å²) in [5, 5.41) is 4.56. The molecule has 0 atom stereocenters. The first kappa shape index (κ1) is 20.8. The molecule has 1 N–H and O–H groups in total. The third kappa shape index (κ3) is 5.37. The van der Waals surface area contributed by atoms with Gasteiger partial charge in [0.25, 0.3) is 5.91 Å². The monoisotopic (exact) mass is 424 g/mol. The van der Waals surface area contributed by atoms with E-state index in [0.717, 1.165) is 23.7 Å². The van der Waals surface area contributed by atoms with E-state index in [1.807, 2.05) is 6.20 Å². The predicted molar refractivity (Wildman–Crippen MR) is 119 cm³/mol.